The normalized spacial score (nSPS) is 11.7. The van der Waals surface area contributed by atoms with Crippen LogP contribution in [0.15, 0.2) is 72.8 Å². The summed E-state index contributed by atoms with van der Waals surface area (Å²) >= 11 is 0. The topological polar surface area (TPSA) is 46.5 Å². The highest BCUT2D eigenvalue weighted by Gasteiger charge is 2.22. The molecule has 0 bridgehead atoms. The van der Waals surface area contributed by atoms with Crippen LogP contribution in [0.2, 0.25) is 0 Å². The van der Waals surface area contributed by atoms with Gasteiger partial charge in [-0.15, -0.1) is 0 Å². The number of aliphatic hydroxyl groups is 1. The molecule has 3 aromatic rings. The van der Waals surface area contributed by atoms with E-state index < -0.39 is 5.60 Å². The number of halogens is 1. The molecular formula is C35H45FO3. The van der Waals surface area contributed by atoms with Gasteiger partial charge >= 0.3 is 5.97 Å². The Kier molecular flexibility index (Phi) is 12.1. The fourth-order valence-electron chi connectivity index (χ4n) is 4.39. The molecule has 0 fully saturated rings. The van der Waals surface area contributed by atoms with Gasteiger partial charge in [0.15, 0.2) is 0 Å². The summed E-state index contributed by atoms with van der Waals surface area (Å²) in [6.07, 6.45) is 7.66. The van der Waals surface area contributed by atoms with Crippen LogP contribution in [-0.4, -0.2) is 23.8 Å². The Bertz CT molecular complexity index is 1220. The van der Waals surface area contributed by atoms with Gasteiger partial charge in [0.2, 0.25) is 0 Å². The van der Waals surface area contributed by atoms with Gasteiger partial charge in [-0.1, -0.05) is 101 Å². The van der Waals surface area contributed by atoms with Crippen LogP contribution < -0.4 is 0 Å². The summed E-state index contributed by atoms with van der Waals surface area (Å²) < 4.78 is 18.5. The second-order valence-electron chi connectivity index (χ2n) is 10.4. The van der Waals surface area contributed by atoms with Gasteiger partial charge < -0.3 is 9.84 Å². The molecule has 0 aliphatic carbocycles. The molecule has 0 radical (unpaired) electrons. The number of methoxy groups -OCH3 is 1. The number of hydrogen-bond donors (Lipinski definition) is 1. The molecule has 3 aromatic carbocycles. The maximum absolute atomic E-state index is 13.9. The third-order valence-electron chi connectivity index (χ3n) is 8.00. The highest BCUT2D eigenvalue weighted by Crippen LogP contribution is 2.32. The first-order valence-electron chi connectivity index (χ1n) is 14.0. The Balaban J connectivity index is 0.000000306. The molecule has 0 atom stereocenters. The van der Waals surface area contributed by atoms with Gasteiger partial charge in [-0.3, -0.25) is 4.79 Å². The average molecular weight is 533 g/mol. The third-order valence-corrected chi connectivity index (χ3v) is 8.00. The second-order valence-corrected chi connectivity index (χ2v) is 10.4. The van der Waals surface area contributed by atoms with Crippen molar-refractivity contribution in [2.24, 2.45) is 0 Å². The van der Waals surface area contributed by atoms with Gasteiger partial charge in [-0.2, -0.15) is 0 Å². The van der Waals surface area contributed by atoms with Crippen molar-refractivity contribution in [1.29, 1.82) is 0 Å². The lowest BCUT2D eigenvalue weighted by Gasteiger charge is -2.27. The number of rotatable bonds is 10. The molecule has 0 spiro atoms. The molecule has 0 saturated heterocycles. The molecule has 0 aromatic heterocycles. The Hall–Kier alpha value is -3.24. The van der Waals surface area contributed by atoms with Gasteiger partial charge in [-0.05, 0) is 83.5 Å². The van der Waals surface area contributed by atoms with Crippen molar-refractivity contribution in [2.45, 2.75) is 84.7 Å². The van der Waals surface area contributed by atoms with E-state index in [1.165, 1.54) is 35.9 Å². The fourth-order valence-corrected chi connectivity index (χ4v) is 4.39. The van der Waals surface area contributed by atoms with E-state index in [0.717, 1.165) is 36.8 Å². The predicted molar refractivity (Wildman–Crippen MR) is 161 cm³/mol. The van der Waals surface area contributed by atoms with Crippen molar-refractivity contribution in [3.05, 3.63) is 101 Å². The summed E-state index contributed by atoms with van der Waals surface area (Å²) in [6.45, 7) is 12.7. The van der Waals surface area contributed by atoms with Crippen molar-refractivity contribution < 1.29 is 19.0 Å². The van der Waals surface area contributed by atoms with Crippen molar-refractivity contribution in [3.8, 4) is 11.1 Å². The molecule has 210 valence electrons. The summed E-state index contributed by atoms with van der Waals surface area (Å²) in [6, 6.07) is 21.2. The Morgan fingerprint density at radius 1 is 0.897 bits per heavy atom. The Morgan fingerprint density at radius 3 is 2.05 bits per heavy atom. The molecule has 3 nitrogen and oxygen atoms in total. The largest absolute Gasteiger partial charge is 0.469 e. The maximum Gasteiger partial charge on any atom is 0.309 e. The zero-order valence-electron chi connectivity index (χ0n) is 24.7. The summed E-state index contributed by atoms with van der Waals surface area (Å²) in [4.78, 5) is 11.4. The number of aryl methyl sites for hydroxylation is 1. The van der Waals surface area contributed by atoms with Crippen molar-refractivity contribution in [3.63, 3.8) is 0 Å². The van der Waals surface area contributed by atoms with Gasteiger partial charge in [-0.25, -0.2) is 4.39 Å². The minimum atomic E-state index is -0.651. The molecule has 0 aliphatic rings. The number of carbonyl (C=O) groups excluding carboxylic acids is 1. The van der Waals surface area contributed by atoms with Gasteiger partial charge in [0.1, 0.15) is 5.82 Å². The smallest absolute Gasteiger partial charge is 0.309 e. The van der Waals surface area contributed by atoms with E-state index in [1.54, 1.807) is 0 Å². The molecule has 0 amide bonds. The van der Waals surface area contributed by atoms with Crippen molar-refractivity contribution in [1.82, 2.24) is 0 Å². The van der Waals surface area contributed by atoms with E-state index >= 15 is 0 Å². The zero-order chi connectivity index (χ0) is 29.1. The van der Waals surface area contributed by atoms with Gasteiger partial charge in [0.25, 0.3) is 0 Å². The average Bonchev–Trinajstić information content (AvgIpc) is 2.96. The summed E-state index contributed by atoms with van der Waals surface area (Å²) in [5.41, 5.74) is 5.56. The molecular weight excluding hydrogens is 487 g/mol. The predicted octanol–water partition coefficient (Wildman–Crippen LogP) is 8.85. The first-order chi connectivity index (χ1) is 18.5. The number of hydrogen-bond acceptors (Lipinski definition) is 3. The molecule has 0 unspecified atom stereocenters. The second kappa shape index (κ2) is 14.8. The van der Waals surface area contributed by atoms with E-state index in [2.05, 4.69) is 56.7 Å². The van der Waals surface area contributed by atoms with Crippen LogP contribution in [0, 0.1) is 12.7 Å². The van der Waals surface area contributed by atoms with Crippen LogP contribution in [-0.2, 0) is 21.4 Å². The molecule has 0 saturated carbocycles. The van der Waals surface area contributed by atoms with Crippen molar-refractivity contribution in [2.75, 3.05) is 7.11 Å². The number of esters is 1. The standard InChI is InChI=1S/C21H25FO2.C14H20O/c1-5-21(3,6-2)18-9-7-16(8-10-18)17-11-15(12-19(22)14-17)13-20(23)24-4;1-4-14(15,5-2)11-10-13-9-7-6-8-12(13)3/h7-12,14H,5-6,13H2,1-4H3;6-11,15H,4-5H2,1-3H3/b;11-10+. The minimum absolute atomic E-state index is 0.0725. The summed E-state index contributed by atoms with van der Waals surface area (Å²) in [5, 5.41) is 10.1. The van der Waals surface area contributed by atoms with Gasteiger partial charge in [0.05, 0.1) is 19.1 Å². The molecule has 0 heterocycles. The minimum Gasteiger partial charge on any atom is -0.469 e. The van der Waals surface area contributed by atoms with Crippen LogP contribution >= 0.6 is 0 Å². The third kappa shape index (κ3) is 9.18. The lowest BCUT2D eigenvalue weighted by atomic mass is 9.77. The Morgan fingerprint density at radius 2 is 1.51 bits per heavy atom. The number of carbonyl (C=O) groups is 1. The molecule has 3 rings (SSSR count). The Labute approximate surface area is 234 Å². The lowest BCUT2D eigenvalue weighted by molar-refractivity contribution is -0.139. The SMILES string of the molecule is CCC(C)(CC)c1ccc(-c2cc(F)cc(CC(=O)OC)c2)cc1.CCC(O)(/C=C/c1ccccc1C)CC. The highest BCUT2D eigenvalue weighted by atomic mass is 19.1. The van der Waals surface area contributed by atoms with E-state index in [4.69, 9.17) is 0 Å². The highest BCUT2D eigenvalue weighted by molar-refractivity contribution is 5.74. The maximum atomic E-state index is 13.9. The first-order valence-corrected chi connectivity index (χ1v) is 14.0. The molecule has 39 heavy (non-hydrogen) atoms. The van der Waals surface area contributed by atoms with E-state index in [1.807, 2.05) is 56.3 Å². The molecule has 1 N–H and O–H groups in total. The van der Waals surface area contributed by atoms with E-state index in [0.29, 0.717) is 5.56 Å². The summed E-state index contributed by atoms with van der Waals surface area (Å²) in [7, 11) is 1.33. The van der Waals surface area contributed by atoms with E-state index in [-0.39, 0.29) is 23.6 Å². The van der Waals surface area contributed by atoms with Crippen molar-refractivity contribution >= 4 is 12.0 Å². The van der Waals surface area contributed by atoms with Gasteiger partial charge in [0, 0.05) is 0 Å². The summed E-state index contributed by atoms with van der Waals surface area (Å²) in [5.74, 6) is -0.717. The first kappa shape index (κ1) is 32.0. The number of benzene rings is 3. The van der Waals surface area contributed by atoms with Crippen LogP contribution in [0.5, 0.6) is 0 Å². The van der Waals surface area contributed by atoms with Crippen LogP contribution in [0.4, 0.5) is 4.39 Å². The van der Waals surface area contributed by atoms with Crippen LogP contribution in [0.25, 0.3) is 17.2 Å². The van der Waals surface area contributed by atoms with E-state index in [9.17, 15) is 14.3 Å². The fraction of sp³-hybridized carbons (Fsp3) is 0.400. The van der Waals surface area contributed by atoms with Crippen LogP contribution in [0.1, 0.15) is 82.6 Å². The molecule has 4 heteroatoms. The number of ether oxygens (including phenoxy) is 1. The molecule has 0 aliphatic heterocycles. The monoisotopic (exact) mass is 532 g/mol. The zero-order valence-corrected chi connectivity index (χ0v) is 24.7. The van der Waals surface area contributed by atoms with Crippen LogP contribution in [0.3, 0.4) is 0 Å². The quantitative estimate of drug-likeness (QED) is 0.265. The lowest BCUT2D eigenvalue weighted by Crippen LogP contribution is -2.22.